The molecule has 1 aromatic rings. The van der Waals surface area contributed by atoms with Gasteiger partial charge in [0.05, 0.1) is 0 Å². The fourth-order valence-corrected chi connectivity index (χ4v) is 2.67. The second-order valence-corrected chi connectivity index (χ2v) is 5.59. The number of benzene rings is 1. The Labute approximate surface area is 124 Å². The fraction of sp³-hybridized carbons (Fsp3) is 0.467. The summed E-state index contributed by atoms with van der Waals surface area (Å²) in [5.41, 5.74) is 1.57. The van der Waals surface area contributed by atoms with Crippen molar-refractivity contribution in [3.05, 3.63) is 29.8 Å². The number of hydrogen-bond donors (Lipinski definition) is 2. The summed E-state index contributed by atoms with van der Waals surface area (Å²) in [6.07, 6.45) is 2.11. The number of nitrogens with one attached hydrogen (secondary N) is 1. The van der Waals surface area contributed by atoms with Gasteiger partial charge in [-0.1, -0.05) is 0 Å². The summed E-state index contributed by atoms with van der Waals surface area (Å²) < 4.78 is 0. The van der Waals surface area contributed by atoms with Crippen molar-refractivity contribution in [2.45, 2.75) is 19.8 Å². The van der Waals surface area contributed by atoms with Gasteiger partial charge in [-0.05, 0) is 62.2 Å². The Morgan fingerprint density at radius 1 is 1.45 bits per heavy atom. The number of aliphatic hydroxyl groups excluding tert-OH is 1. The first-order valence-electron chi connectivity index (χ1n) is 6.88. The predicted octanol–water partition coefficient (Wildman–Crippen LogP) is 2.29. The summed E-state index contributed by atoms with van der Waals surface area (Å²) in [5, 5.41) is 13.1. The molecule has 1 heterocycles. The molecule has 5 heteroatoms. The van der Waals surface area contributed by atoms with Gasteiger partial charge in [-0.2, -0.15) is 0 Å². The lowest BCUT2D eigenvalue weighted by molar-refractivity contribution is 0.101. The van der Waals surface area contributed by atoms with Crippen molar-refractivity contribution in [2.75, 3.05) is 25.0 Å². The molecule has 0 aliphatic carbocycles. The van der Waals surface area contributed by atoms with Crippen LogP contribution in [-0.2, 0) is 0 Å². The number of likely N-dealkylation sites (tertiary alicyclic amines) is 1. The molecule has 20 heavy (non-hydrogen) atoms. The number of rotatable bonds is 3. The fourth-order valence-electron chi connectivity index (χ4n) is 2.39. The number of carbonyl (C=O) groups is 1. The number of thiocarbonyl (C=S) groups is 1. The third-order valence-electron chi connectivity index (χ3n) is 3.61. The van der Waals surface area contributed by atoms with Crippen molar-refractivity contribution in [3.63, 3.8) is 0 Å². The average molecular weight is 292 g/mol. The highest BCUT2D eigenvalue weighted by molar-refractivity contribution is 7.80. The maximum Gasteiger partial charge on any atom is 0.173 e. The Morgan fingerprint density at radius 3 is 2.75 bits per heavy atom. The number of nitrogens with zero attached hydrogens (tertiary/aromatic N) is 1. The highest BCUT2D eigenvalue weighted by atomic mass is 32.1. The van der Waals surface area contributed by atoms with Gasteiger partial charge < -0.3 is 15.3 Å². The second-order valence-electron chi connectivity index (χ2n) is 5.20. The minimum Gasteiger partial charge on any atom is -0.396 e. The van der Waals surface area contributed by atoms with E-state index in [1.807, 2.05) is 12.1 Å². The number of Topliss-reactive ketones (excluding diaryl/α,β-unsaturated/α-hetero) is 1. The largest absolute Gasteiger partial charge is 0.396 e. The molecule has 0 amide bonds. The van der Waals surface area contributed by atoms with Gasteiger partial charge in [0, 0.05) is 30.9 Å². The van der Waals surface area contributed by atoms with Gasteiger partial charge in [0.1, 0.15) is 0 Å². The van der Waals surface area contributed by atoms with E-state index in [4.69, 9.17) is 12.2 Å². The van der Waals surface area contributed by atoms with Gasteiger partial charge in [0.25, 0.3) is 0 Å². The summed E-state index contributed by atoms with van der Waals surface area (Å²) in [6, 6.07) is 7.30. The van der Waals surface area contributed by atoms with E-state index in [1.165, 1.54) is 0 Å². The van der Waals surface area contributed by atoms with Crippen molar-refractivity contribution < 1.29 is 9.90 Å². The molecular formula is C15H20N2O2S. The summed E-state index contributed by atoms with van der Waals surface area (Å²) in [6.45, 7) is 3.49. The van der Waals surface area contributed by atoms with Crippen molar-refractivity contribution in [2.24, 2.45) is 5.92 Å². The van der Waals surface area contributed by atoms with Gasteiger partial charge in [0.2, 0.25) is 0 Å². The average Bonchev–Trinajstić information content (AvgIpc) is 2.47. The number of hydrogen-bond acceptors (Lipinski definition) is 3. The number of piperidine rings is 1. The quantitative estimate of drug-likeness (QED) is 0.661. The number of aliphatic hydroxyl groups is 1. The molecule has 1 fully saturated rings. The molecule has 1 saturated heterocycles. The van der Waals surface area contributed by atoms with Crippen molar-refractivity contribution >= 4 is 28.8 Å². The lowest BCUT2D eigenvalue weighted by atomic mass is 9.99. The molecule has 2 N–H and O–H groups in total. The molecule has 2 rings (SSSR count). The Balaban J connectivity index is 1.95. The van der Waals surface area contributed by atoms with Crippen LogP contribution in [-0.4, -0.2) is 40.6 Å². The first kappa shape index (κ1) is 14.9. The zero-order valence-electron chi connectivity index (χ0n) is 11.6. The smallest absolute Gasteiger partial charge is 0.173 e. The normalized spacial score (nSPS) is 18.7. The van der Waals surface area contributed by atoms with Crippen LogP contribution in [0.5, 0.6) is 0 Å². The third kappa shape index (κ3) is 3.77. The van der Waals surface area contributed by atoms with E-state index in [0.717, 1.165) is 31.6 Å². The van der Waals surface area contributed by atoms with Crippen molar-refractivity contribution in [1.82, 2.24) is 4.90 Å². The molecule has 4 nitrogen and oxygen atoms in total. The molecule has 0 radical (unpaired) electrons. The van der Waals surface area contributed by atoms with E-state index < -0.39 is 0 Å². The van der Waals surface area contributed by atoms with E-state index in [-0.39, 0.29) is 12.4 Å². The Bertz CT molecular complexity index is 487. The molecular weight excluding hydrogens is 272 g/mol. The van der Waals surface area contributed by atoms with E-state index in [9.17, 15) is 9.90 Å². The molecule has 0 saturated carbocycles. The first-order chi connectivity index (χ1) is 9.60. The zero-order valence-corrected chi connectivity index (χ0v) is 12.4. The SMILES string of the molecule is CC(=O)c1ccc(NC(=S)N2CCC[C@@H](CO)C2)cc1. The third-order valence-corrected chi connectivity index (χ3v) is 3.97. The molecule has 1 atom stereocenters. The first-order valence-corrected chi connectivity index (χ1v) is 7.28. The van der Waals surface area contributed by atoms with Gasteiger partial charge in [-0.25, -0.2) is 0 Å². The molecule has 0 spiro atoms. The standard InChI is InChI=1S/C15H20N2O2S/c1-11(19)13-4-6-14(7-5-13)16-15(20)17-8-2-3-12(9-17)10-18/h4-7,12,18H,2-3,8-10H2,1H3,(H,16,20)/t12-/m1/s1. The minimum atomic E-state index is 0.0564. The van der Waals surface area contributed by atoms with Crippen LogP contribution in [0.3, 0.4) is 0 Å². The summed E-state index contributed by atoms with van der Waals surface area (Å²) in [5.74, 6) is 0.365. The summed E-state index contributed by atoms with van der Waals surface area (Å²) in [7, 11) is 0. The Kier molecular flexibility index (Phi) is 5.09. The monoisotopic (exact) mass is 292 g/mol. The van der Waals surface area contributed by atoms with Crippen molar-refractivity contribution in [3.8, 4) is 0 Å². The van der Waals surface area contributed by atoms with Gasteiger partial charge in [0.15, 0.2) is 10.9 Å². The van der Waals surface area contributed by atoms with E-state index in [2.05, 4.69) is 10.2 Å². The molecule has 0 unspecified atom stereocenters. The van der Waals surface area contributed by atoms with Crippen LogP contribution < -0.4 is 5.32 Å². The van der Waals surface area contributed by atoms with Crippen LogP contribution in [0.4, 0.5) is 5.69 Å². The Hall–Kier alpha value is -1.46. The highest BCUT2D eigenvalue weighted by Gasteiger charge is 2.20. The van der Waals surface area contributed by atoms with Crippen LogP contribution in [0.2, 0.25) is 0 Å². The lowest BCUT2D eigenvalue weighted by Crippen LogP contribution is -2.43. The molecule has 0 bridgehead atoms. The lowest BCUT2D eigenvalue weighted by Gasteiger charge is -2.33. The predicted molar refractivity (Wildman–Crippen MR) is 84.1 cm³/mol. The van der Waals surface area contributed by atoms with Gasteiger partial charge >= 0.3 is 0 Å². The van der Waals surface area contributed by atoms with Crippen molar-refractivity contribution in [1.29, 1.82) is 0 Å². The summed E-state index contributed by atoms with van der Waals surface area (Å²) >= 11 is 5.41. The van der Waals surface area contributed by atoms with Gasteiger partial charge in [-0.3, -0.25) is 4.79 Å². The number of anilines is 1. The number of ketones is 1. The molecule has 1 aliphatic heterocycles. The molecule has 1 aromatic carbocycles. The van der Waals surface area contributed by atoms with E-state index in [1.54, 1.807) is 19.1 Å². The van der Waals surface area contributed by atoms with Crippen LogP contribution in [0.15, 0.2) is 24.3 Å². The highest BCUT2D eigenvalue weighted by Crippen LogP contribution is 2.17. The van der Waals surface area contributed by atoms with Crippen LogP contribution in [0.25, 0.3) is 0 Å². The van der Waals surface area contributed by atoms with Crippen LogP contribution in [0, 0.1) is 5.92 Å². The number of carbonyl (C=O) groups excluding carboxylic acids is 1. The molecule has 108 valence electrons. The Morgan fingerprint density at radius 2 is 2.15 bits per heavy atom. The zero-order chi connectivity index (χ0) is 14.5. The summed E-state index contributed by atoms with van der Waals surface area (Å²) in [4.78, 5) is 13.3. The van der Waals surface area contributed by atoms with E-state index in [0.29, 0.717) is 16.6 Å². The molecule has 0 aromatic heterocycles. The minimum absolute atomic E-state index is 0.0564. The van der Waals surface area contributed by atoms with Crippen LogP contribution >= 0.6 is 12.2 Å². The van der Waals surface area contributed by atoms with E-state index >= 15 is 0 Å². The maximum atomic E-state index is 11.2. The topological polar surface area (TPSA) is 52.6 Å². The molecule has 1 aliphatic rings. The maximum absolute atomic E-state index is 11.2. The second kappa shape index (κ2) is 6.81. The van der Waals surface area contributed by atoms with Gasteiger partial charge in [-0.15, -0.1) is 0 Å². The van der Waals surface area contributed by atoms with Crippen LogP contribution in [0.1, 0.15) is 30.1 Å².